The number of carbonyl (C=O) groups excluding carboxylic acids is 2. The van der Waals surface area contributed by atoms with Gasteiger partial charge in [0.1, 0.15) is 0 Å². The Labute approximate surface area is 105 Å². The van der Waals surface area contributed by atoms with Crippen molar-refractivity contribution in [2.75, 3.05) is 0 Å². The zero-order valence-corrected chi connectivity index (χ0v) is 10.8. The van der Waals surface area contributed by atoms with Crippen molar-refractivity contribution in [3.8, 4) is 0 Å². The molecule has 1 saturated carbocycles. The van der Waals surface area contributed by atoms with Gasteiger partial charge in [-0.2, -0.15) is 0 Å². The largest absolute Gasteiger partial charge is 0.347 e. The summed E-state index contributed by atoms with van der Waals surface area (Å²) in [5.74, 6) is -0.835. The molecule has 0 aromatic heterocycles. The maximum atomic E-state index is 12.1. The fourth-order valence-corrected chi connectivity index (χ4v) is 4.00. The average Bonchev–Trinajstić information content (AvgIpc) is 2.66. The minimum Gasteiger partial charge on any atom is -0.275 e. The SMILES string of the molecule is CC1=NC(=O)NC(=O)C1S(=O)(=O)NC1CCCC1. The highest BCUT2D eigenvalue weighted by molar-refractivity contribution is 7.91. The third-order valence-corrected chi connectivity index (χ3v) is 4.96. The highest BCUT2D eigenvalue weighted by atomic mass is 32.2. The van der Waals surface area contributed by atoms with Gasteiger partial charge in [0.05, 0.1) is 0 Å². The van der Waals surface area contributed by atoms with Crippen molar-refractivity contribution in [2.24, 2.45) is 4.99 Å². The summed E-state index contributed by atoms with van der Waals surface area (Å²) in [4.78, 5) is 26.1. The van der Waals surface area contributed by atoms with Gasteiger partial charge in [0.2, 0.25) is 10.0 Å². The number of urea groups is 1. The topological polar surface area (TPSA) is 105 Å². The van der Waals surface area contributed by atoms with Crippen LogP contribution in [0.25, 0.3) is 0 Å². The lowest BCUT2D eigenvalue weighted by atomic mass is 10.2. The Morgan fingerprint density at radius 2 is 1.89 bits per heavy atom. The molecular formula is C10H15N3O4S. The maximum absolute atomic E-state index is 12.1. The summed E-state index contributed by atoms with van der Waals surface area (Å²) in [7, 11) is -3.83. The predicted octanol–water partition coefficient (Wildman–Crippen LogP) is -0.0723. The second-order valence-corrected chi connectivity index (χ2v) is 6.37. The zero-order valence-electron chi connectivity index (χ0n) is 9.97. The van der Waals surface area contributed by atoms with Gasteiger partial charge in [0.15, 0.2) is 5.25 Å². The van der Waals surface area contributed by atoms with Crippen LogP contribution < -0.4 is 10.0 Å². The van der Waals surface area contributed by atoms with Crippen LogP contribution in [0, 0.1) is 0 Å². The van der Waals surface area contributed by atoms with Crippen LogP contribution in [0.3, 0.4) is 0 Å². The normalized spacial score (nSPS) is 26.1. The number of hydrogen-bond donors (Lipinski definition) is 2. The molecular weight excluding hydrogens is 258 g/mol. The maximum Gasteiger partial charge on any atom is 0.347 e. The smallest absolute Gasteiger partial charge is 0.275 e. The number of aliphatic imine (C=N–C) groups is 1. The van der Waals surface area contributed by atoms with E-state index in [1.54, 1.807) is 0 Å². The van der Waals surface area contributed by atoms with Crippen LogP contribution in [0.15, 0.2) is 4.99 Å². The molecule has 2 rings (SSSR count). The van der Waals surface area contributed by atoms with Gasteiger partial charge in [-0.05, 0) is 19.8 Å². The zero-order chi connectivity index (χ0) is 13.3. The summed E-state index contributed by atoms with van der Waals surface area (Å²) in [5, 5.41) is 0.500. The Balaban J connectivity index is 2.20. The van der Waals surface area contributed by atoms with E-state index in [4.69, 9.17) is 0 Å². The van der Waals surface area contributed by atoms with Gasteiger partial charge in [0.25, 0.3) is 5.91 Å². The van der Waals surface area contributed by atoms with Gasteiger partial charge in [-0.1, -0.05) is 12.8 Å². The van der Waals surface area contributed by atoms with E-state index in [1.807, 2.05) is 5.32 Å². The van der Waals surface area contributed by atoms with Crippen LogP contribution in [0.5, 0.6) is 0 Å². The second-order valence-electron chi connectivity index (χ2n) is 4.57. The molecule has 0 aromatic carbocycles. The summed E-state index contributed by atoms with van der Waals surface area (Å²) in [6.07, 6.45) is 3.52. The predicted molar refractivity (Wildman–Crippen MR) is 64.7 cm³/mol. The van der Waals surface area contributed by atoms with Crippen molar-refractivity contribution in [2.45, 2.75) is 43.9 Å². The van der Waals surface area contributed by atoms with E-state index in [1.165, 1.54) is 6.92 Å². The first-order valence-corrected chi connectivity index (χ1v) is 7.36. The molecule has 1 aliphatic heterocycles. The standard InChI is InChI=1S/C10H15N3O4S/c1-6-8(9(14)12-10(15)11-6)18(16,17)13-7-4-2-3-5-7/h7-8,13H,2-5H2,1H3,(H,12,14,15). The molecule has 1 aliphatic carbocycles. The van der Waals surface area contributed by atoms with Crippen LogP contribution >= 0.6 is 0 Å². The molecule has 1 unspecified atom stereocenters. The molecule has 7 nitrogen and oxygen atoms in total. The molecule has 100 valence electrons. The fraction of sp³-hybridized carbons (Fsp3) is 0.700. The third-order valence-electron chi connectivity index (χ3n) is 3.12. The second kappa shape index (κ2) is 4.77. The molecule has 8 heteroatoms. The van der Waals surface area contributed by atoms with Crippen molar-refractivity contribution in [1.82, 2.24) is 10.0 Å². The Kier molecular flexibility index (Phi) is 3.49. The van der Waals surface area contributed by atoms with E-state index in [0.29, 0.717) is 0 Å². The van der Waals surface area contributed by atoms with Gasteiger partial charge in [-0.25, -0.2) is 22.9 Å². The van der Waals surface area contributed by atoms with Crippen molar-refractivity contribution < 1.29 is 18.0 Å². The van der Waals surface area contributed by atoms with E-state index >= 15 is 0 Å². The van der Waals surface area contributed by atoms with Crippen molar-refractivity contribution >= 4 is 27.7 Å². The summed E-state index contributed by atoms with van der Waals surface area (Å²) in [5.41, 5.74) is 0.00856. The summed E-state index contributed by atoms with van der Waals surface area (Å²) in [6, 6.07) is -0.932. The van der Waals surface area contributed by atoms with Crippen molar-refractivity contribution in [3.63, 3.8) is 0 Å². The lowest BCUT2D eigenvalue weighted by Gasteiger charge is -2.22. The minimum atomic E-state index is -3.83. The number of rotatable bonds is 3. The number of imide groups is 1. The van der Waals surface area contributed by atoms with Crippen LogP contribution in [0.4, 0.5) is 4.79 Å². The summed E-state index contributed by atoms with van der Waals surface area (Å²) < 4.78 is 26.7. The summed E-state index contributed by atoms with van der Waals surface area (Å²) >= 11 is 0. The minimum absolute atomic E-state index is 0.00856. The van der Waals surface area contributed by atoms with Gasteiger partial charge in [-0.15, -0.1) is 0 Å². The monoisotopic (exact) mass is 273 g/mol. The number of nitrogens with zero attached hydrogens (tertiary/aromatic N) is 1. The Bertz CT molecular complexity index is 505. The first-order valence-electron chi connectivity index (χ1n) is 5.81. The fourth-order valence-electron chi connectivity index (χ4n) is 2.32. The highest BCUT2D eigenvalue weighted by Gasteiger charge is 2.40. The van der Waals surface area contributed by atoms with Gasteiger partial charge >= 0.3 is 6.03 Å². The molecule has 0 radical (unpaired) electrons. The Hall–Kier alpha value is -1.28. The van der Waals surface area contributed by atoms with Crippen LogP contribution in [-0.2, 0) is 14.8 Å². The van der Waals surface area contributed by atoms with Crippen molar-refractivity contribution in [1.29, 1.82) is 0 Å². The molecule has 1 atom stereocenters. The number of carbonyl (C=O) groups is 2. The molecule has 2 aliphatic rings. The Morgan fingerprint density at radius 1 is 1.28 bits per heavy atom. The first-order chi connectivity index (χ1) is 8.40. The van der Waals surface area contributed by atoms with Crippen molar-refractivity contribution in [3.05, 3.63) is 0 Å². The number of sulfonamides is 1. The lowest BCUT2D eigenvalue weighted by molar-refractivity contribution is -0.118. The number of nitrogens with one attached hydrogen (secondary N) is 2. The van der Waals surface area contributed by atoms with Crippen LogP contribution in [0.2, 0.25) is 0 Å². The molecule has 1 heterocycles. The highest BCUT2D eigenvalue weighted by Crippen LogP contribution is 2.20. The Morgan fingerprint density at radius 3 is 2.44 bits per heavy atom. The molecule has 1 fully saturated rings. The van der Waals surface area contributed by atoms with E-state index in [2.05, 4.69) is 9.71 Å². The number of hydrogen-bond acceptors (Lipinski definition) is 4. The summed E-state index contributed by atoms with van der Waals surface area (Å²) in [6.45, 7) is 1.37. The van der Waals surface area contributed by atoms with E-state index in [9.17, 15) is 18.0 Å². The van der Waals surface area contributed by atoms with Gasteiger partial charge < -0.3 is 0 Å². The molecule has 0 bridgehead atoms. The van der Waals surface area contributed by atoms with Gasteiger partial charge in [0, 0.05) is 11.8 Å². The van der Waals surface area contributed by atoms with E-state index in [-0.39, 0.29) is 11.8 Å². The van der Waals surface area contributed by atoms with Gasteiger partial charge in [-0.3, -0.25) is 10.1 Å². The first kappa shape index (κ1) is 13.2. The third kappa shape index (κ3) is 2.59. The van der Waals surface area contributed by atoms with E-state index < -0.39 is 27.2 Å². The molecule has 18 heavy (non-hydrogen) atoms. The van der Waals surface area contributed by atoms with Crippen LogP contribution in [-0.4, -0.2) is 37.4 Å². The molecule has 2 N–H and O–H groups in total. The molecule has 0 saturated heterocycles. The lowest BCUT2D eigenvalue weighted by Crippen LogP contribution is -2.54. The quantitative estimate of drug-likeness (QED) is 0.750. The van der Waals surface area contributed by atoms with E-state index in [0.717, 1.165) is 25.7 Å². The molecule has 0 spiro atoms. The number of amides is 3. The van der Waals surface area contributed by atoms with Crippen LogP contribution in [0.1, 0.15) is 32.6 Å². The molecule has 3 amide bonds. The molecule has 0 aromatic rings. The average molecular weight is 273 g/mol.